The second-order valence-corrected chi connectivity index (χ2v) is 8.51. The fourth-order valence-corrected chi connectivity index (χ4v) is 3.96. The minimum Gasteiger partial charge on any atom is -0.329 e. The van der Waals surface area contributed by atoms with Gasteiger partial charge in [0.1, 0.15) is 5.82 Å². The zero-order valence-electron chi connectivity index (χ0n) is 17.9. The van der Waals surface area contributed by atoms with Gasteiger partial charge < -0.3 is 9.47 Å². The summed E-state index contributed by atoms with van der Waals surface area (Å²) in [4.78, 5) is 9.14. The van der Waals surface area contributed by atoms with Gasteiger partial charge in [0.05, 0.1) is 17.9 Å². The summed E-state index contributed by atoms with van der Waals surface area (Å²) in [5, 5.41) is 7.53. The number of aromatic nitrogens is 4. The van der Waals surface area contributed by atoms with Crippen molar-refractivity contribution in [1.82, 2.24) is 29.5 Å². The molecule has 4 heterocycles. The van der Waals surface area contributed by atoms with Gasteiger partial charge in [-0.1, -0.05) is 27.7 Å². The van der Waals surface area contributed by atoms with Crippen LogP contribution in [0.2, 0.25) is 0 Å². The minimum atomic E-state index is 0.545. The van der Waals surface area contributed by atoms with Gasteiger partial charge in [-0.2, -0.15) is 5.10 Å². The first-order valence-corrected chi connectivity index (χ1v) is 10.4. The van der Waals surface area contributed by atoms with Crippen molar-refractivity contribution in [3.8, 4) is 0 Å². The molecule has 1 N–H and O–H groups in total. The normalized spacial score (nSPS) is 18.6. The maximum Gasteiger partial charge on any atom is 0.123 e. The van der Waals surface area contributed by atoms with Crippen molar-refractivity contribution in [1.29, 1.82) is 0 Å². The topological polar surface area (TPSA) is 53.0 Å². The third-order valence-electron chi connectivity index (χ3n) is 5.91. The second-order valence-electron chi connectivity index (χ2n) is 8.51. The second kappa shape index (κ2) is 8.57. The molecule has 2 aliphatic heterocycles. The molecule has 2 aromatic rings. The Hall–Kier alpha value is -1.66. The first kappa shape index (κ1) is 20.1. The van der Waals surface area contributed by atoms with Crippen LogP contribution in [0.5, 0.6) is 0 Å². The van der Waals surface area contributed by atoms with Crippen LogP contribution in [0.4, 0.5) is 0 Å². The van der Waals surface area contributed by atoms with Crippen LogP contribution in [0.25, 0.3) is 0 Å². The molecule has 0 fully saturated rings. The quantitative estimate of drug-likeness (QED) is 0.898. The number of aromatic amines is 1. The largest absolute Gasteiger partial charge is 0.329 e. The van der Waals surface area contributed by atoms with Gasteiger partial charge in [0, 0.05) is 38.1 Å². The summed E-state index contributed by atoms with van der Waals surface area (Å²) in [7, 11) is 4.31. The number of imidazole rings is 1. The molecule has 0 bridgehead atoms. The summed E-state index contributed by atoms with van der Waals surface area (Å²) in [6.45, 7) is 14.3. The molecule has 6 nitrogen and oxygen atoms in total. The smallest absolute Gasteiger partial charge is 0.123 e. The maximum absolute atomic E-state index is 4.50. The van der Waals surface area contributed by atoms with Crippen LogP contribution in [0.1, 0.15) is 74.4 Å². The Morgan fingerprint density at radius 1 is 1.07 bits per heavy atom. The third kappa shape index (κ3) is 4.43. The van der Waals surface area contributed by atoms with Gasteiger partial charge >= 0.3 is 0 Å². The van der Waals surface area contributed by atoms with Crippen LogP contribution >= 0.6 is 0 Å². The SMILES string of the molecule is CC(C)c1n[nH]c2c1CCN(C)C2.CCC(C)c1cnc2n1CCN(C)C2. The molecule has 2 aromatic heterocycles. The van der Waals surface area contributed by atoms with Crippen molar-refractivity contribution >= 4 is 0 Å². The van der Waals surface area contributed by atoms with Crippen LogP contribution < -0.4 is 0 Å². The van der Waals surface area contributed by atoms with E-state index in [0.717, 1.165) is 39.1 Å². The molecule has 0 radical (unpaired) electrons. The van der Waals surface area contributed by atoms with E-state index in [0.29, 0.717) is 11.8 Å². The van der Waals surface area contributed by atoms with E-state index in [2.05, 4.69) is 77.5 Å². The van der Waals surface area contributed by atoms with Crippen molar-refractivity contribution in [2.24, 2.45) is 0 Å². The highest BCUT2D eigenvalue weighted by molar-refractivity contribution is 5.29. The van der Waals surface area contributed by atoms with Crippen LogP contribution in [-0.2, 0) is 26.1 Å². The average molecular weight is 373 g/mol. The van der Waals surface area contributed by atoms with E-state index in [-0.39, 0.29) is 0 Å². The number of nitrogens with zero attached hydrogens (tertiary/aromatic N) is 5. The Morgan fingerprint density at radius 3 is 2.52 bits per heavy atom. The molecule has 1 atom stereocenters. The van der Waals surface area contributed by atoms with Gasteiger partial charge in [-0.25, -0.2) is 4.98 Å². The van der Waals surface area contributed by atoms with E-state index in [1.165, 1.54) is 34.9 Å². The summed E-state index contributed by atoms with van der Waals surface area (Å²) in [5.74, 6) is 2.41. The van der Waals surface area contributed by atoms with Crippen LogP contribution in [-0.4, -0.2) is 56.7 Å². The molecular weight excluding hydrogens is 336 g/mol. The highest BCUT2D eigenvalue weighted by atomic mass is 15.2. The summed E-state index contributed by atoms with van der Waals surface area (Å²) >= 11 is 0. The maximum atomic E-state index is 4.50. The average Bonchev–Trinajstić information content (AvgIpc) is 3.24. The molecule has 27 heavy (non-hydrogen) atoms. The van der Waals surface area contributed by atoms with E-state index >= 15 is 0 Å². The standard InChI is InChI=1S/C11H19N3.C10H17N3/c1-4-9(2)10-7-12-11-8-13(3)5-6-14(10)11;1-7(2)10-8-4-5-13(3)6-9(8)11-12-10/h7,9H,4-6,8H2,1-3H3;7H,4-6H2,1-3H3,(H,11,12). The number of nitrogens with one attached hydrogen (secondary N) is 1. The van der Waals surface area contributed by atoms with Gasteiger partial charge in [0.15, 0.2) is 0 Å². The van der Waals surface area contributed by atoms with E-state index in [1.807, 2.05) is 0 Å². The first-order valence-electron chi connectivity index (χ1n) is 10.4. The lowest BCUT2D eigenvalue weighted by atomic mass is 9.99. The predicted molar refractivity (Wildman–Crippen MR) is 110 cm³/mol. The Labute approximate surface area is 164 Å². The number of rotatable bonds is 3. The van der Waals surface area contributed by atoms with Crippen LogP contribution in [0, 0.1) is 0 Å². The number of fused-ring (bicyclic) bond motifs is 2. The van der Waals surface area contributed by atoms with Crippen molar-refractivity contribution in [3.05, 3.63) is 34.7 Å². The Morgan fingerprint density at radius 2 is 1.81 bits per heavy atom. The van der Waals surface area contributed by atoms with Crippen molar-refractivity contribution in [3.63, 3.8) is 0 Å². The Bertz CT molecular complexity index is 744. The molecule has 0 amide bonds. The molecule has 0 spiro atoms. The Balaban J connectivity index is 0.000000156. The molecule has 2 aliphatic rings. The van der Waals surface area contributed by atoms with Crippen molar-refractivity contribution in [2.75, 3.05) is 27.2 Å². The lowest BCUT2D eigenvalue weighted by molar-refractivity contribution is 0.261. The summed E-state index contributed by atoms with van der Waals surface area (Å²) in [6, 6.07) is 0. The number of hydrogen-bond donors (Lipinski definition) is 1. The monoisotopic (exact) mass is 372 g/mol. The van der Waals surface area contributed by atoms with Crippen LogP contribution in [0.3, 0.4) is 0 Å². The van der Waals surface area contributed by atoms with E-state index in [4.69, 9.17) is 0 Å². The van der Waals surface area contributed by atoms with Gasteiger partial charge in [0.25, 0.3) is 0 Å². The molecule has 4 rings (SSSR count). The zero-order chi connectivity index (χ0) is 19.6. The van der Waals surface area contributed by atoms with Gasteiger partial charge in [0.2, 0.25) is 0 Å². The van der Waals surface area contributed by atoms with E-state index < -0.39 is 0 Å². The van der Waals surface area contributed by atoms with E-state index in [9.17, 15) is 0 Å². The fourth-order valence-electron chi connectivity index (χ4n) is 3.96. The molecule has 150 valence electrons. The predicted octanol–water partition coefficient (Wildman–Crippen LogP) is 3.36. The molecule has 0 saturated carbocycles. The Kier molecular flexibility index (Phi) is 6.37. The van der Waals surface area contributed by atoms with Gasteiger partial charge in [-0.3, -0.25) is 10.00 Å². The van der Waals surface area contributed by atoms with E-state index in [1.54, 1.807) is 0 Å². The number of H-pyrrole nitrogens is 1. The summed E-state index contributed by atoms with van der Waals surface area (Å²) in [5.41, 5.74) is 5.46. The molecule has 0 saturated heterocycles. The number of hydrogen-bond acceptors (Lipinski definition) is 4. The fraction of sp³-hybridized carbons (Fsp3) is 0.714. The molecular formula is C21H36N6. The zero-order valence-corrected chi connectivity index (χ0v) is 17.9. The third-order valence-corrected chi connectivity index (χ3v) is 5.91. The highest BCUT2D eigenvalue weighted by Gasteiger charge is 2.21. The number of likely N-dealkylation sites (N-methyl/N-ethyl adjacent to an activating group) is 2. The molecule has 0 aromatic carbocycles. The lowest BCUT2D eigenvalue weighted by Gasteiger charge is -2.25. The molecule has 0 aliphatic carbocycles. The van der Waals surface area contributed by atoms with Crippen molar-refractivity contribution in [2.45, 2.75) is 72.0 Å². The molecule has 6 heteroatoms. The molecule has 1 unspecified atom stereocenters. The highest BCUT2D eigenvalue weighted by Crippen LogP contribution is 2.24. The van der Waals surface area contributed by atoms with Gasteiger partial charge in [-0.15, -0.1) is 0 Å². The first-order chi connectivity index (χ1) is 12.9. The summed E-state index contributed by atoms with van der Waals surface area (Å²) < 4.78 is 2.40. The van der Waals surface area contributed by atoms with Gasteiger partial charge in [-0.05, 0) is 44.3 Å². The summed E-state index contributed by atoms with van der Waals surface area (Å²) in [6.07, 6.45) is 4.40. The van der Waals surface area contributed by atoms with Crippen molar-refractivity contribution < 1.29 is 0 Å². The van der Waals surface area contributed by atoms with Crippen LogP contribution in [0.15, 0.2) is 6.20 Å². The minimum absolute atomic E-state index is 0.545. The lowest BCUT2D eigenvalue weighted by Crippen LogP contribution is -2.31.